The van der Waals surface area contributed by atoms with Gasteiger partial charge in [0, 0.05) is 11.6 Å². The molecule has 6 heteroatoms. The first-order valence-electron chi connectivity index (χ1n) is 6.16. The van der Waals surface area contributed by atoms with Gasteiger partial charge in [-0.15, -0.1) is 0 Å². The number of carbonyl (C=O) groups excluding carboxylic acids is 1. The number of hydrogen-bond donors (Lipinski definition) is 2. The van der Waals surface area contributed by atoms with Gasteiger partial charge in [0.05, 0.1) is 17.8 Å². The van der Waals surface area contributed by atoms with E-state index in [-0.39, 0.29) is 18.0 Å². The van der Waals surface area contributed by atoms with Gasteiger partial charge in [0.1, 0.15) is 0 Å². The molecule has 6 nitrogen and oxygen atoms in total. The quantitative estimate of drug-likeness (QED) is 0.868. The lowest BCUT2D eigenvalue weighted by Crippen LogP contribution is -2.22. The minimum absolute atomic E-state index is 0.143. The fourth-order valence-corrected chi connectivity index (χ4v) is 1.64. The summed E-state index contributed by atoms with van der Waals surface area (Å²) in [5.41, 5.74) is 1.37. The van der Waals surface area contributed by atoms with E-state index in [9.17, 15) is 9.59 Å². The number of benzene rings is 1. The summed E-state index contributed by atoms with van der Waals surface area (Å²) in [5, 5.41) is 15.3. The van der Waals surface area contributed by atoms with Crippen molar-refractivity contribution in [3.63, 3.8) is 0 Å². The molecule has 2 N–H and O–H groups in total. The second-order valence-corrected chi connectivity index (χ2v) is 4.20. The molecule has 1 heterocycles. The first kappa shape index (κ1) is 13.8. The van der Waals surface area contributed by atoms with Crippen molar-refractivity contribution in [1.29, 1.82) is 0 Å². The number of carboxylic acids is 1. The van der Waals surface area contributed by atoms with Crippen LogP contribution in [0.1, 0.15) is 39.1 Å². The number of hydrogen-bond acceptors (Lipinski definition) is 4. The lowest BCUT2D eigenvalue weighted by atomic mass is 10.1. The second-order valence-electron chi connectivity index (χ2n) is 4.20. The molecular weight excluding hydrogens is 260 g/mol. The molecule has 0 spiro atoms. The third-order valence-corrected chi connectivity index (χ3v) is 2.79. The van der Waals surface area contributed by atoms with Gasteiger partial charge in [-0.1, -0.05) is 12.1 Å². The minimum Gasteiger partial charge on any atom is -0.478 e. The van der Waals surface area contributed by atoms with Crippen LogP contribution in [0.2, 0.25) is 0 Å². The van der Waals surface area contributed by atoms with E-state index >= 15 is 0 Å². The minimum atomic E-state index is -1.02. The third-order valence-electron chi connectivity index (χ3n) is 2.79. The van der Waals surface area contributed by atoms with Crippen molar-refractivity contribution in [1.82, 2.24) is 10.5 Å². The largest absolute Gasteiger partial charge is 0.478 e. The molecule has 104 valence electrons. The molecule has 1 aromatic carbocycles. The number of rotatable bonds is 5. The summed E-state index contributed by atoms with van der Waals surface area (Å²) >= 11 is 0. The first-order chi connectivity index (χ1) is 9.60. The predicted octanol–water partition coefficient (Wildman–Crippen LogP) is 1.87. The number of carbonyl (C=O) groups is 2. The highest BCUT2D eigenvalue weighted by atomic mass is 16.5. The number of nitrogens with one attached hydrogen (secondary N) is 1. The number of aromatic nitrogens is 1. The lowest BCUT2D eigenvalue weighted by Gasteiger charge is -2.03. The van der Waals surface area contributed by atoms with E-state index in [2.05, 4.69) is 10.5 Å². The molecule has 0 aliphatic heterocycles. The normalized spacial score (nSPS) is 10.2. The summed E-state index contributed by atoms with van der Waals surface area (Å²) in [6.45, 7) is 2.21. The molecule has 0 atom stereocenters. The Balaban J connectivity index is 1.96. The summed E-state index contributed by atoms with van der Waals surface area (Å²) in [5.74, 6) is -0.737. The summed E-state index contributed by atoms with van der Waals surface area (Å²) in [4.78, 5) is 22.6. The Hall–Kier alpha value is -2.63. The molecule has 2 rings (SSSR count). The van der Waals surface area contributed by atoms with Crippen LogP contribution >= 0.6 is 0 Å². The number of nitrogens with zero attached hydrogens (tertiary/aromatic N) is 1. The Labute approximate surface area is 115 Å². The van der Waals surface area contributed by atoms with Crippen LogP contribution in [0.3, 0.4) is 0 Å². The van der Waals surface area contributed by atoms with Crippen molar-refractivity contribution in [2.24, 2.45) is 0 Å². The lowest BCUT2D eigenvalue weighted by molar-refractivity contribution is 0.0696. The van der Waals surface area contributed by atoms with Gasteiger partial charge >= 0.3 is 5.97 Å². The fraction of sp³-hybridized carbons (Fsp3) is 0.214. The highest BCUT2D eigenvalue weighted by Gasteiger charge is 2.09. The van der Waals surface area contributed by atoms with Gasteiger partial charge in [-0.3, -0.25) is 4.79 Å². The van der Waals surface area contributed by atoms with Crippen molar-refractivity contribution < 1.29 is 19.2 Å². The molecule has 0 fully saturated rings. The average molecular weight is 274 g/mol. The maximum atomic E-state index is 11.9. The molecule has 0 bridgehead atoms. The first-order valence-corrected chi connectivity index (χ1v) is 6.16. The SMILES string of the molecule is CCc1cc(CNC(=O)c2ccc(C(=O)O)cc2)on1. The van der Waals surface area contributed by atoms with Crippen molar-refractivity contribution in [3.05, 3.63) is 52.9 Å². The van der Waals surface area contributed by atoms with Crippen LogP contribution < -0.4 is 5.32 Å². The zero-order valence-electron chi connectivity index (χ0n) is 10.9. The molecule has 0 aliphatic carbocycles. The van der Waals surface area contributed by atoms with E-state index in [1.165, 1.54) is 24.3 Å². The molecule has 1 aromatic heterocycles. The Morgan fingerprint density at radius 2 is 1.90 bits per heavy atom. The Kier molecular flexibility index (Phi) is 4.14. The van der Waals surface area contributed by atoms with Crippen molar-refractivity contribution in [2.75, 3.05) is 0 Å². The maximum Gasteiger partial charge on any atom is 0.335 e. The van der Waals surface area contributed by atoms with E-state index in [0.717, 1.165) is 12.1 Å². The van der Waals surface area contributed by atoms with E-state index < -0.39 is 5.97 Å². The van der Waals surface area contributed by atoms with E-state index in [1.807, 2.05) is 6.92 Å². The van der Waals surface area contributed by atoms with Crippen molar-refractivity contribution in [2.45, 2.75) is 19.9 Å². The maximum absolute atomic E-state index is 11.9. The van der Waals surface area contributed by atoms with Crippen LogP contribution in [0, 0.1) is 0 Å². The van der Waals surface area contributed by atoms with E-state index in [4.69, 9.17) is 9.63 Å². The van der Waals surface area contributed by atoms with Gasteiger partial charge in [-0.25, -0.2) is 4.79 Å². The smallest absolute Gasteiger partial charge is 0.335 e. The van der Waals surface area contributed by atoms with Crippen molar-refractivity contribution in [3.8, 4) is 0 Å². The van der Waals surface area contributed by atoms with Crippen LogP contribution in [-0.4, -0.2) is 22.1 Å². The molecule has 2 aromatic rings. The van der Waals surface area contributed by atoms with Crippen LogP contribution in [-0.2, 0) is 13.0 Å². The molecule has 0 saturated heterocycles. The third kappa shape index (κ3) is 3.23. The molecule has 1 amide bonds. The number of aromatic carboxylic acids is 1. The van der Waals surface area contributed by atoms with Crippen LogP contribution in [0.5, 0.6) is 0 Å². The van der Waals surface area contributed by atoms with Crippen molar-refractivity contribution >= 4 is 11.9 Å². The van der Waals surface area contributed by atoms with E-state index in [1.54, 1.807) is 6.07 Å². The van der Waals surface area contributed by atoms with Crippen LogP contribution in [0.15, 0.2) is 34.9 Å². The molecule has 0 aliphatic rings. The van der Waals surface area contributed by atoms with Gasteiger partial charge in [-0.05, 0) is 30.7 Å². The highest BCUT2D eigenvalue weighted by Crippen LogP contribution is 2.06. The van der Waals surface area contributed by atoms with Crippen LogP contribution in [0.25, 0.3) is 0 Å². The number of amides is 1. The summed E-state index contributed by atoms with van der Waals surface area (Å²) in [6.07, 6.45) is 0.772. The zero-order chi connectivity index (χ0) is 14.5. The highest BCUT2D eigenvalue weighted by molar-refractivity contribution is 5.95. The number of carboxylic acid groups (broad SMARTS) is 1. The summed E-state index contributed by atoms with van der Waals surface area (Å²) in [7, 11) is 0. The Bertz CT molecular complexity index is 616. The van der Waals surface area contributed by atoms with Gasteiger partial charge in [0.2, 0.25) is 0 Å². The molecule has 0 unspecified atom stereocenters. The van der Waals surface area contributed by atoms with Gasteiger partial charge in [-0.2, -0.15) is 0 Å². The Morgan fingerprint density at radius 1 is 1.25 bits per heavy atom. The fourth-order valence-electron chi connectivity index (χ4n) is 1.64. The van der Waals surface area contributed by atoms with Crippen LogP contribution in [0.4, 0.5) is 0 Å². The molecule has 0 radical (unpaired) electrons. The monoisotopic (exact) mass is 274 g/mol. The topological polar surface area (TPSA) is 92.4 Å². The standard InChI is InChI=1S/C14H14N2O4/c1-2-11-7-12(20-16-11)8-15-13(17)9-3-5-10(6-4-9)14(18)19/h3-7H,2,8H2,1H3,(H,15,17)(H,18,19). The summed E-state index contributed by atoms with van der Waals surface area (Å²) < 4.78 is 5.05. The van der Waals surface area contributed by atoms with Gasteiger partial charge in [0.25, 0.3) is 5.91 Å². The van der Waals surface area contributed by atoms with Gasteiger partial charge < -0.3 is 14.9 Å². The zero-order valence-corrected chi connectivity index (χ0v) is 10.9. The number of aryl methyl sites for hydroxylation is 1. The molecular formula is C14H14N2O4. The Morgan fingerprint density at radius 3 is 2.45 bits per heavy atom. The average Bonchev–Trinajstić information content (AvgIpc) is 2.93. The molecule has 20 heavy (non-hydrogen) atoms. The van der Waals surface area contributed by atoms with Gasteiger partial charge in [0.15, 0.2) is 5.76 Å². The summed E-state index contributed by atoms with van der Waals surface area (Å²) in [6, 6.07) is 7.50. The van der Waals surface area contributed by atoms with E-state index in [0.29, 0.717) is 11.3 Å². The molecule has 0 saturated carbocycles. The second kappa shape index (κ2) is 6.01. The predicted molar refractivity (Wildman–Crippen MR) is 70.5 cm³/mol.